The maximum Gasteiger partial charge on any atom is 0.265 e. The van der Waals surface area contributed by atoms with Crippen molar-refractivity contribution in [2.45, 2.75) is 46.6 Å². The molecular formula is C24H30N2O3. The first-order chi connectivity index (χ1) is 13.6. The van der Waals surface area contributed by atoms with Gasteiger partial charge in [-0.25, -0.2) is 0 Å². The Balaban J connectivity index is 1.80. The summed E-state index contributed by atoms with van der Waals surface area (Å²) in [5, 5.41) is 2.92. The summed E-state index contributed by atoms with van der Waals surface area (Å²) in [4.78, 5) is 26.6. The molecule has 2 amide bonds. The molecule has 2 aromatic rings. The largest absolute Gasteiger partial charge is 0.482 e. The van der Waals surface area contributed by atoms with Gasteiger partial charge >= 0.3 is 0 Å². The first kappa shape index (κ1) is 20.9. The number of nitrogens with one attached hydrogen (secondary N) is 1. The molecule has 0 atom stereocenters. The van der Waals surface area contributed by atoms with E-state index >= 15 is 0 Å². The molecule has 29 heavy (non-hydrogen) atoms. The second-order valence-electron chi connectivity index (χ2n) is 9.00. The number of benzene rings is 2. The van der Waals surface area contributed by atoms with E-state index in [2.05, 4.69) is 46.0 Å². The molecule has 1 aliphatic heterocycles. The number of rotatable bonds is 5. The van der Waals surface area contributed by atoms with Crippen molar-refractivity contribution in [2.24, 2.45) is 5.92 Å². The van der Waals surface area contributed by atoms with E-state index in [-0.39, 0.29) is 23.8 Å². The molecule has 1 N–H and O–H groups in total. The fourth-order valence-electron chi connectivity index (χ4n) is 3.18. The number of ether oxygens (including phenoxy) is 1. The van der Waals surface area contributed by atoms with E-state index in [1.807, 2.05) is 36.4 Å². The summed E-state index contributed by atoms with van der Waals surface area (Å²) in [6, 6.07) is 13.5. The van der Waals surface area contributed by atoms with Gasteiger partial charge in [0, 0.05) is 12.1 Å². The molecular weight excluding hydrogens is 364 g/mol. The number of hydrogen-bond acceptors (Lipinski definition) is 3. The van der Waals surface area contributed by atoms with Gasteiger partial charge in [0.15, 0.2) is 6.61 Å². The molecule has 0 saturated carbocycles. The number of amides is 2. The van der Waals surface area contributed by atoms with Crippen LogP contribution in [0.5, 0.6) is 5.75 Å². The Labute approximate surface area is 173 Å². The second-order valence-corrected chi connectivity index (χ2v) is 9.00. The summed E-state index contributed by atoms with van der Waals surface area (Å²) in [5.74, 6) is 0.987. The summed E-state index contributed by atoms with van der Waals surface area (Å²) < 4.78 is 5.62. The van der Waals surface area contributed by atoms with Crippen LogP contribution in [0, 0.1) is 5.92 Å². The van der Waals surface area contributed by atoms with Gasteiger partial charge in [-0.15, -0.1) is 0 Å². The normalized spacial score (nSPS) is 13.9. The monoisotopic (exact) mass is 394 g/mol. The van der Waals surface area contributed by atoms with Gasteiger partial charge < -0.3 is 15.0 Å². The SMILES string of the molecule is CC(C)CNC(=O)c1ccc(CN2C(=O)COc3ccc(C(C)(C)C)cc32)cc1. The zero-order valence-corrected chi connectivity index (χ0v) is 17.9. The Kier molecular flexibility index (Phi) is 5.96. The molecule has 1 aliphatic rings. The van der Waals surface area contributed by atoms with E-state index in [4.69, 9.17) is 4.74 Å². The molecule has 0 radical (unpaired) electrons. The van der Waals surface area contributed by atoms with Crippen molar-refractivity contribution < 1.29 is 14.3 Å². The molecule has 0 fully saturated rings. The van der Waals surface area contributed by atoms with Gasteiger partial charge in [-0.05, 0) is 46.7 Å². The minimum absolute atomic E-state index is 0.0216. The lowest BCUT2D eigenvalue weighted by Gasteiger charge is -2.31. The van der Waals surface area contributed by atoms with Crippen molar-refractivity contribution in [1.29, 1.82) is 0 Å². The van der Waals surface area contributed by atoms with E-state index in [9.17, 15) is 9.59 Å². The molecule has 0 spiro atoms. The van der Waals surface area contributed by atoms with Crippen molar-refractivity contribution in [3.63, 3.8) is 0 Å². The molecule has 1 heterocycles. The van der Waals surface area contributed by atoms with Crippen LogP contribution in [0.25, 0.3) is 0 Å². The Bertz CT molecular complexity index is 895. The Morgan fingerprint density at radius 1 is 1.14 bits per heavy atom. The predicted molar refractivity (Wildman–Crippen MR) is 115 cm³/mol. The van der Waals surface area contributed by atoms with Crippen LogP contribution in [0.15, 0.2) is 42.5 Å². The van der Waals surface area contributed by atoms with Crippen LogP contribution in [0.1, 0.15) is 56.1 Å². The maximum atomic E-state index is 12.6. The highest BCUT2D eigenvalue weighted by Crippen LogP contribution is 2.37. The maximum absolute atomic E-state index is 12.6. The van der Waals surface area contributed by atoms with Crippen LogP contribution < -0.4 is 15.0 Å². The zero-order chi connectivity index (χ0) is 21.2. The highest BCUT2D eigenvalue weighted by Gasteiger charge is 2.27. The van der Waals surface area contributed by atoms with Crippen LogP contribution in [0.4, 0.5) is 5.69 Å². The molecule has 0 bridgehead atoms. The fraction of sp³-hybridized carbons (Fsp3) is 0.417. The molecule has 0 aliphatic carbocycles. The lowest BCUT2D eigenvalue weighted by atomic mass is 9.86. The minimum atomic E-state index is -0.0761. The highest BCUT2D eigenvalue weighted by atomic mass is 16.5. The molecule has 0 aromatic heterocycles. The van der Waals surface area contributed by atoms with Gasteiger partial charge in [0.2, 0.25) is 0 Å². The quantitative estimate of drug-likeness (QED) is 0.823. The van der Waals surface area contributed by atoms with Gasteiger partial charge in [0.1, 0.15) is 5.75 Å². The predicted octanol–water partition coefficient (Wildman–Crippen LogP) is 4.30. The van der Waals surface area contributed by atoms with Gasteiger partial charge in [-0.3, -0.25) is 9.59 Å². The molecule has 0 saturated heterocycles. The average Bonchev–Trinajstić information content (AvgIpc) is 2.67. The first-order valence-corrected chi connectivity index (χ1v) is 10.1. The van der Waals surface area contributed by atoms with Crippen LogP contribution in [0.2, 0.25) is 0 Å². The highest BCUT2D eigenvalue weighted by molar-refractivity contribution is 5.98. The van der Waals surface area contributed by atoms with E-state index in [0.717, 1.165) is 22.6 Å². The summed E-state index contributed by atoms with van der Waals surface area (Å²) >= 11 is 0. The van der Waals surface area contributed by atoms with E-state index in [0.29, 0.717) is 24.6 Å². The number of carbonyl (C=O) groups excluding carboxylic acids is 2. The third-order valence-electron chi connectivity index (χ3n) is 5.00. The second kappa shape index (κ2) is 8.27. The lowest BCUT2D eigenvalue weighted by molar-refractivity contribution is -0.121. The van der Waals surface area contributed by atoms with E-state index < -0.39 is 0 Å². The molecule has 154 valence electrons. The lowest BCUT2D eigenvalue weighted by Crippen LogP contribution is -2.38. The van der Waals surface area contributed by atoms with Crippen LogP contribution in [-0.2, 0) is 16.8 Å². The summed E-state index contributed by atoms with van der Waals surface area (Å²) in [6.45, 7) is 11.7. The smallest absolute Gasteiger partial charge is 0.265 e. The van der Waals surface area contributed by atoms with Crippen molar-refractivity contribution in [3.8, 4) is 5.75 Å². The van der Waals surface area contributed by atoms with Crippen molar-refractivity contribution in [3.05, 3.63) is 59.2 Å². The first-order valence-electron chi connectivity index (χ1n) is 10.1. The molecule has 5 nitrogen and oxygen atoms in total. The standard InChI is InChI=1S/C24H30N2O3/c1-16(2)13-25-23(28)18-8-6-17(7-9-18)14-26-20-12-19(24(3,4)5)10-11-21(20)29-15-22(26)27/h6-12,16H,13-15H2,1-5H3,(H,25,28). The van der Waals surface area contributed by atoms with Gasteiger partial charge in [0.05, 0.1) is 12.2 Å². The van der Waals surface area contributed by atoms with Crippen molar-refractivity contribution in [1.82, 2.24) is 5.32 Å². The minimum Gasteiger partial charge on any atom is -0.482 e. The summed E-state index contributed by atoms with van der Waals surface area (Å²) in [5.41, 5.74) is 3.52. The Hall–Kier alpha value is -2.82. The fourth-order valence-corrected chi connectivity index (χ4v) is 3.18. The van der Waals surface area contributed by atoms with Crippen LogP contribution in [0.3, 0.4) is 0 Å². The summed E-state index contributed by atoms with van der Waals surface area (Å²) in [7, 11) is 0. The average molecular weight is 395 g/mol. The molecule has 5 heteroatoms. The molecule has 3 rings (SSSR count). The van der Waals surface area contributed by atoms with E-state index in [1.54, 1.807) is 4.90 Å². The van der Waals surface area contributed by atoms with Gasteiger partial charge in [-0.1, -0.05) is 52.8 Å². The van der Waals surface area contributed by atoms with Crippen molar-refractivity contribution in [2.75, 3.05) is 18.1 Å². The number of anilines is 1. The van der Waals surface area contributed by atoms with Crippen molar-refractivity contribution >= 4 is 17.5 Å². The number of hydrogen-bond donors (Lipinski definition) is 1. The number of carbonyl (C=O) groups is 2. The molecule has 0 unspecified atom stereocenters. The van der Waals surface area contributed by atoms with Gasteiger partial charge in [0.25, 0.3) is 11.8 Å². The van der Waals surface area contributed by atoms with E-state index in [1.165, 1.54) is 0 Å². The Morgan fingerprint density at radius 3 is 2.45 bits per heavy atom. The third kappa shape index (κ3) is 4.97. The zero-order valence-electron chi connectivity index (χ0n) is 17.9. The molecule has 2 aromatic carbocycles. The third-order valence-corrected chi connectivity index (χ3v) is 5.00. The Morgan fingerprint density at radius 2 is 1.83 bits per heavy atom. The topological polar surface area (TPSA) is 58.6 Å². The summed E-state index contributed by atoms with van der Waals surface area (Å²) in [6.07, 6.45) is 0. The van der Waals surface area contributed by atoms with Gasteiger partial charge in [-0.2, -0.15) is 0 Å². The number of fused-ring (bicyclic) bond motifs is 1. The van der Waals surface area contributed by atoms with Crippen LogP contribution in [-0.4, -0.2) is 25.0 Å². The van der Waals surface area contributed by atoms with Crippen LogP contribution >= 0.6 is 0 Å². The number of nitrogens with zero attached hydrogens (tertiary/aromatic N) is 1.